The van der Waals surface area contributed by atoms with Crippen LogP contribution in [0.25, 0.3) is 22.0 Å². The Bertz CT molecular complexity index is 1290. The number of fused-ring (bicyclic) bond motifs is 4. The number of para-hydroxylation sites is 1. The van der Waals surface area contributed by atoms with Gasteiger partial charge in [-0.05, 0) is 29.2 Å². The van der Waals surface area contributed by atoms with Gasteiger partial charge in [-0.1, -0.05) is 73.3 Å². The topological polar surface area (TPSA) is 68.2 Å². The third kappa shape index (κ3) is 3.41. The number of benzene rings is 3. The number of hydrogen-bond donors (Lipinski definition) is 0. The van der Waals surface area contributed by atoms with Gasteiger partial charge in [-0.25, -0.2) is 0 Å². The van der Waals surface area contributed by atoms with E-state index in [1.807, 2.05) is 61.7 Å². The number of rotatable bonds is 3. The van der Waals surface area contributed by atoms with E-state index in [2.05, 4.69) is 33.4 Å². The van der Waals surface area contributed by atoms with Crippen LogP contribution < -0.4 is 9.64 Å². The molecule has 0 aliphatic carbocycles. The van der Waals surface area contributed by atoms with Crippen molar-refractivity contribution in [3.63, 3.8) is 0 Å². The SMILES string of the molecule is CCC(=O)N1c2ccccc2-c2nnc(SC)nc2O[C@H]1c1ccc2ccccc2c1. The molecule has 0 radical (unpaired) electrons. The summed E-state index contributed by atoms with van der Waals surface area (Å²) in [6, 6.07) is 21.9. The molecular formula is C24H20N4O2S. The lowest BCUT2D eigenvalue weighted by atomic mass is 10.0. The summed E-state index contributed by atoms with van der Waals surface area (Å²) >= 11 is 1.39. The molecule has 154 valence electrons. The molecule has 0 bridgehead atoms. The molecule has 2 heterocycles. The zero-order valence-corrected chi connectivity index (χ0v) is 18.0. The van der Waals surface area contributed by atoms with E-state index in [0.717, 1.165) is 27.6 Å². The molecule has 0 N–H and O–H groups in total. The molecule has 4 aromatic rings. The molecular weight excluding hydrogens is 408 g/mol. The van der Waals surface area contributed by atoms with Crippen molar-refractivity contribution >= 4 is 34.1 Å². The van der Waals surface area contributed by atoms with Gasteiger partial charge in [0.25, 0.3) is 0 Å². The second kappa shape index (κ2) is 8.00. The van der Waals surface area contributed by atoms with Gasteiger partial charge in [-0.3, -0.25) is 9.69 Å². The minimum atomic E-state index is -0.675. The molecule has 0 unspecified atom stereocenters. The fourth-order valence-corrected chi connectivity index (χ4v) is 4.11. The number of aromatic nitrogens is 3. The molecule has 0 saturated carbocycles. The van der Waals surface area contributed by atoms with Crippen LogP contribution in [0.15, 0.2) is 71.9 Å². The van der Waals surface area contributed by atoms with Crippen LogP contribution in [0.2, 0.25) is 0 Å². The van der Waals surface area contributed by atoms with Gasteiger partial charge in [0.2, 0.25) is 23.2 Å². The summed E-state index contributed by atoms with van der Waals surface area (Å²) in [7, 11) is 0. The molecule has 1 aromatic heterocycles. The van der Waals surface area contributed by atoms with Crippen LogP contribution in [0.1, 0.15) is 25.1 Å². The quantitative estimate of drug-likeness (QED) is 0.415. The van der Waals surface area contributed by atoms with Gasteiger partial charge < -0.3 is 4.74 Å². The Morgan fingerprint density at radius 3 is 2.61 bits per heavy atom. The van der Waals surface area contributed by atoms with Crippen LogP contribution in [-0.4, -0.2) is 27.3 Å². The third-order valence-electron chi connectivity index (χ3n) is 5.32. The van der Waals surface area contributed by atoms with E-state index in [4.69, 9.17) is 4.74 Å². The number of nitrogens with zero attached hydrogens (tertiary/aromatic N) is 4. The summed E-state index contributed by atoms with van der Waals surface area (Å²) in [6.07, 6.45) is 1.56. The number of carbonyl (C=O) groups excluding carboxylic acids is 1. The second-order valence-corrected chi connectivity index (χ2v) is 7.94. The summed E-state index contributed by atoms with van der Waals surface area (Å²) in [4.78, 5) is 19.5. The van der Waals surface area contributed by atoms with Crippen molar-refractivity contribution in [3.05, 3.63) is 72.3 Å². The highest BCUT2D eigenvalue weighted by atomic mass is 32.2. The van der Waals surface area contributed by atoms with Crippen LogP contribution in [0, 0.1) is 0 Å². The van der Waals surface area contributed by atoms with E-state index in [9.17, 15) is 4.79 Å². The highest BCUT2D eigenvalue weighted by Gasteiger charge is 2.35. The van der Waals surface area contributed by atoms with Gasteiger partial charge in [0.15, 0.2) is 5.69 Å². The number of ether oxygens (including phenoxy) is 1. The third-order valence-corrected chi connectivity index (χ3v) is 5.86. The average Bonchev–Trinajstić information content (AvgIpc) is 2.97. The van der Waals surface area contributed by atoms with Crippen molar-refractivity contribution in [2.24, 2.45) is 0 Å². The van der Waals surface area contributed by atoms with E-state index >= 15 is 0 Å². The number of hydrogen-bond acceptors (Lipinski definition) is 6. The Kier molecular flexibility index (Phi) is 5.03. The zero-order chi connectivity index (χ0) is 21.4. The van der Waals surface area contributed by atoms with Crippen molar-refractivity contribution in [1.29, 1.82) is 0 Å². The first-order valence-corrected chi connectivity index (χ1v) is 11.3. The molecule has 1 aliphatic heterocycles. The summed E-state index contributed by atoms with van der Waals surface area (Å²) in [5.74, 6) is 0.327. The maximum absolute atomic E-state index is 13.2. The molecule has 31 heavy (non-hydrogen) atoms. The minimum absolute atomic E-state index is 0.0449. The lowest BCUT2D eigenvalue weighted by Gasteiger charge is -2.30. The van der Waals surface area contributed by atoms with Gasteiger partial charge >= 0.3 is 0 Å². The Labute approximate surface area is 184 Å². The Hall–Kier alpha value is -3.45. The highest BCUT2D eigenvalue weighted by Crippen LogP contribution is 2.43. The lowest BCUT2D eigenvalue weighted by molar-refractivity contribution is -0.120. The lowest BCUT2D eigenvalue weighted by Crippen LogP contribution is -2.37. The van der Waals surface area contributed by atoms with Crippen molar-refractivity contribution in [2.45, 2.75) is 24.7 Å². The van der Waals surface area contributed by atoms with E-state index in [1.54, 1.807) is 4.90 Å². The first-order chi connectivity index (χ1) is 15.2. The van der Waals surface area contributed by atoms with Gasteiger partial charge in [0.05, 0.1) is 5.69 Å². The molecule has 0 fully saturated rings. The van der Waals surface area contributed by atoms with E-state index < -0.39 is 6.23 Å². The Morgan fingerprint density at radius 2 is 1.81 bits per heavy atom. The molecule has 7 heteroatoms. The smallest absolute Gasteiger partial charge is 0.247 e. The van der Waals surface area contributed by atoms with Gasteiger partial charge in [0, 0.05) is 17.5 Å². The van der Waals surface area contributed by atoms with Crippen LogP contribution in [0.4, 0.5) is 5.69 Å². The molecule has 1 atom stereocenters. The predicted octanol–water partition coefficient (Wildman–Crippen LogP) is 5.25. The van der Waals surface area contributed by atoms with Gasteiger partial charge in [-0.15, -0.1) is 10.2 Å². The van der Waals surface area contributed by atoms with Crippen LogP contribution in [0.3, 0.4) is 0 Å². The standard InChI is InChI=1S/C24H20N4O2S/c1-3-20(29)28-19-11-7-6-10-18(19)21-22(25-24(31-2)27-26-21)30-23(28)17-13-12-15-8-4-5-9-16(15)14-17/h4-14,23H,3H2,1-2H3/t23-/m0/s1. The van der Waals surface area contributed by atoms with Crippen molar-refractivity contribution in [3.8, 4) is 17.1 Å². The van der Waals surface area contributed by atoms with Crippen LogP contribution >= 0.6 is 11.8 Å². The predicted molar refractivity (Wildman–Crippen MR) is 122 cm³/mol. The summed E-state index contributed by atoms with van der Waals surface area (Å²) in [6.45, 7) is 1.85. The van der Waals surface area contributed by atoms with Crippen LogP contribution in [-0.2, 0) is 4.79 Å². The number of thioether (sulfide) groups is 1. The van der Waals surface area contributed by atoms with E-state index in [-0.39, 0.29) is 5.91 Å². The second-order valence-electron chi connectivity index (χ2n) is 7.16. The molecule has 1 amide bonds. The number of anilines is 1. The first-order valence-electron chi connectivity index (χ1n) is 10.0. The fourth-order valence-electron chi connectivity index (χ4n) is 3.82. The molecule has 1 aliphatic rings. The monoisotopic (exact) mass is 428 g/mol. The first kappa shape index (κ1) is 19.5. The molecule has 3 aromatic carbocycles. The Morgan fingerprint density at radius 1 is 1.03 bits per heavy atom. The zero-order valence-electron chi connectivity index (χ0n) is 17.1. The number of carbonyl (C=O) groups is 1. The Balaban J connectivity index is 1.76. The molecule has 0 spiro atoms. The molecule has 5 rings (SSSR count). The summed E-state index contributed by atoms with van der Waals surface area (Å²) in [5.41, 5.74) is 2.91. The van der Waals surface area contributed by atoms with Crippen molar-refractivity contribution in [2.75, 3.05) is 11.2 Å². The number of amides is 1. The molecule has 6 nitrogen and oxygen atoms in total. The largest absolute Gasteiger partial charge is 0.447 e. The van der Waals surface area contributed by atoms with E-state index in [1.165, 1.54) is 11.8 Å². The maximum atomic E-state index is 13.2. The van der Waals surface area contributed by atoms with Gasteiger partial charge in [0.1, 0.15) is 0 Å². The van der Waals surface area contributed by atoms with Crippen LogP contribution in [0.5, 0.6) is 5.88 Å². The normalized spacial score (nSPS) is 15.0. The fraction of sp³-hybridized carbons (Fsp3) is 0.167. The average molecular weight is 429 g/mol. The molecule has 0 saturated heterocycles. The maximum Gasteiger partial charge on any atom is 0.247 e. The van der Waals surface area contributed by atoms with Crippen molar-refractivity contribution in [1.82, 2.24) is 15.2 Å². The minimum Gasteiger partial charge on any atom is -0.447 e. The van der Waals surface area contributed by atoms with Gasteiger partial charge in [-0.2, -0.15) is 4.98 Å². The summed E-state index contributed by atoms with van der Waals surface area (Å²) in [5, 5.41) is 11.3. The van der Waals surface area contributed by atoms with Crippen molar-refractivity contribution < 1.29 is 9.53 Å². The van der Waals surface area contributed by atoms with E-state index in [0.29, 0.717) is 23.2 Å². The highest BCUT2D eigenvalue weighted by molar-refractivity contribution is 7.98. The summed E-state index contributed by atoms with van der Waals surface area (Å²) < 4.78 is 6.43.